The lowest BCUT2D eigenvalue weighted by molar-refractivity contribution is 0.00688. The van der Waals surface area contributed by atoms with Gasteiger partial charge in [-0.25, -0.2) is 4.98 Å². The number of aliphatic hydroxyl groups is 1. The van der Waals surface area contributed by atoms with Gasteiger partial charge in [-0.2, -0.15) is 0 Å². The Morgan fingerprint density at radius 1 is 1.12 bits per heavy atom. The van der Waals surface area contributed by atoms with Crippen molar-refractivity contribution in [3.8, 4) is 5.75 Å². The molecule has 4 nitrogen and oxygen atoms in total. The van der Waals surface area contributed by atoms with E-state index in [2.05, 4.69) is 10.7 Å². The minimum atomic E-state index is -0.332. The van der Waals surface area contributed by atoms with Gasteiger partial charge in [-0.3, -0.25) is 0 Å². The third kappa shape index (κ3) is 3.90. The number of hydrogen-bond donors (Lipinski definition) is 2. The molecule has 0 unspecified atom stereocenters. The Morgan fingerprint density at radius 2 is 1.92 bits per heavy atom. The topological polar surface area (TPSA) is 54.4 Å². The highest BCUT2D eigenvalue weighted by atomic mass is 32.1. The quantitative estimate of drug-likeness (QED) is 0.820. The zero-order valence-corrected chi connectivity index (χ0v) is 14.6. The molecule has 2 aliphatic rings. The highest BCUT2D eigenvalue weighted by molar-refractivity contribution is 7.09. The molecule has 0 saturated heterocycles. The Hall–Kier alpha value is -1.59. The molecule has 5 heteroatoms. The van der Waals surface area contributed by atoms with Gasteiger partial charge in [0.25, 0.3) is 0 Å². The van der Waals surface area contributed by atoms with Crippen molar-refractivity contribution in [3.05, 3.63) is 40.3 Å². The van der Waals surface area contributed by atoms with Crippen LogP contribution in [0, 0.1) is 0 Å². The Labute approximate surface area is 146 Å². The smallest absolute Gasteiger partial charge is 0.124 e. The zero-order valence-electron chi connectivity index (χ0n) is 13.8. The Morgan fingerprint density at radius 3 is 2.67 bits per heavy atom. The maximum Gasteiger partial charge on any atom is 0.124 e. The van der Waals surface area contributed by atoms with E-state index in [9.17, 15) is 5.11 Å². The number of rotatable bonds is 6. The molecule has 2 saturated carbocycles. The largest absolute Gasteiger partial charge is 0.488 e. The van der Waals surface area contributed by atoms with E-state index in [1.54, 1.807) is 11.3 Å². The Balaban J connectivity index is 1.30. The van der Waals surface area contributed by atoms with Gasteiger partial charge in [-0.1, -0.05) is 6.42 Å². The fourth-order valence-corrected chi connectivity index (χ4v) is 4.15. The number of aliphatic hydroxyl groups excluding tert-OH is 1. The number of nitrogens with one attached hydrogen (secondary N) is 1. The van der Waals surface area contributed by atoms with Crippen molar-refractivity contribution in [1.29, 1.82) is 0 Å². The van der Waals surface area contributed by atoms with Crippen molar-refractivity contribution in [2.45, 2.75) is 63.2 Å². The average molecular weight is 344 g/mol. The van der Waals surface area contributed by atoms with E-state index in [-0.39, 0.29) is 12.2 Å². The van der Waals surface area contributed by atoms with Gasteiger partial charge in [0, 0.05) is 17.0 Å². The Kier molecular flexibility index (Phi) is 4.72. The molecule has 0 spiro atoms. The molecule has 2 atom stereocenters. The number of nitrogens with zero attached hydrogens (tertiary/aromatic N) is 1. The number of anilines is 1. The third-order valence-electron chi connectivity index (χ3n) is 4.78. The SMILES string of the molecule is O[C@@H]1CCCC[C@H]1Oc1ccc(NCc2csc(C3CC3)n2)cc1. The molecule has 0 aliphatic heterocycles. The van der Waals surface area contributed by atoms with Crippen LogP contribution in [0.2, 0.25) is 0 Å². The van der Waals surface area contributed by atoms with Gasteiger partial charge in [0.2, 0.25) is 0 Å². The van der Waals surface area contributed by atoms with Gasteiger partial charge in [-0.15, -0.1) is 11.3 Å². The van der Waals surface area contributed by atoms with E-state index in [4.69, 9.17) is 9.72 Å². The zero-order chi connectivity index (χ0) is 16.4. The second kappa shape index (κ2) is 7.11. The number of hydrogen-bond acceptors (Lipinski definition) is 5. The lowest BCUT2D eigenvalue weighted by atomic mass is 9.95. The van der Waals surface area contributed by atoms with Crippen LogP contribution in [-0.2, 0) is 6.54 Å². The van der Waals surface area contributed by atoms with Gasteiger partial charge in [-0.05, 0) is 56.4 Å². The maximum absolute atomic E-state index is 10.00. The molecule has 128 valence electrons. The predicted molar refractivity (Wildman–Crippen MR) is 96.7 cm³/mol. The molecule has 2 N–H and O–H groups in total. The van der Waals surface area contributed by atoms with E-state index < -0.39 is 0 Å². The Bertz CT molecular complexity index is 666. The minimum absolute atomic E-state index is 0.0617. The molecule has 2 aliphatic carbocycles. The van der Waals surface area contributed by atoms with E-state index in [1.807, 2.05) is 24.3 Å². The predicted octanol–water partition coefficient (Wildman–Crippen LogP) is 4.31. The lowest BCUT2D eigenvalue weighted by Crippen LogP contribution is -2.34. The number of ether oxygens (including phenoxy) is 1. The maximum atomic E-state index is 10.00. The highest BCUT2D eigenvalue weighted by Crippen LogP contribution is 2.41. The molecule has 1 aromatic carbocycles. The first-order valence-corrected chi connectivity index (χ1v) is 9.79. The van der Waals surface area contributed by atoms with E-state index >= 15 is 0 Å². The van der Waals surface area contributed by atoms with Crippen LogP contribution in [-0.4, -0.2) is 22.3 Å². The number of thiazole rings is 1. The first-order valence-electron chi connectivity index (χ1n) is 8.91. The van der Waals surface area contributed by atoms with Crippen molar-refractivity contribution in [2.75, 3.05) is 5.32 Å². The van der Waals surface area contributed by atoms with Crippen LogP contribution in [0.5, 0.6) is 5.75 Å². The monoisotopic (exact) mass is 344 g/mol. The van der Waals surface area contributed by atoms with Crippen LogP contribution in [0.4, 0.5) is 5.69 Å². The van der Waals surface area contributed by atoms with Gasteiger partial charge >= 0.3 is 0 Å². The van der Waals surface area contributed by atoms with Crippen LogP contribution in [0.3, 0.4) is 0 Å². The highest BCUT2D eigenvalue weighted by Gasteiger charge is 2.26. The average Bonchev–Trinajstić information content (AvgIpc) is 3.35. The first-order chi connectivity index (χ1) is 11.8. The molecular formula is C19H24N2O2S. The van der Waals surface area contributed by atoms with Crippen molar-refractivity contribution in [1.82, 2.24) is 4.98 Å². The number of benzene rings is 1. The van der Waals surface area contributed by atoms with Gasteiger partial charge in [0.05, 0.1) is 23.4 Å². The summed E-state index contributed by atoms with van der Waals surface area (Å²) in [6.45, 7) is 0.755. The molecule has 2 aromatic rings. The minimum Gasteiger partial charge on any atom is -0.488 e. The standard InChI is InChI=1S/C19H24N2O2S/c22-17-3-1-2-4-18(17)23-16-9-7-14(8-10-16)20-11-15-12-24-19(21-15)13-5-6-13/h7-10,12-13,17-18,20,22H,1-6,11H2/t17-,18-/m1/s1. The van der Waals surface area contributed by atoms with Crippen molar-refractivity contribution < 1.29 is 9.84 Å². The van der Waals surface area contributed by atoms with Crippen molar-refractivity contribution in [2.24, 2.45) is 0 Å². The molecule has 1 heterocycles. The van der Waals surface area contributed by atoms with Crippen LogP contribution < -0.4 is 10.1 Å². The van der Waals surface area contributed by atoms with E-state index in [1.165, 1.54) is 17.8 Å². The fraction of sp³-hybridized carbons (Fsp3) is 0.526. The van der Waals surface area contributed by atoms with Crippen LogP contribution in [0.1, 0.15) is 55.1 Å². The summed E-state index contributed by atoms with van der Waals surface area (Å²) in [6.07, 6.45) is 6.24. The molecule has 24 heavy (non-hydrogen) atoms. The van der Waals surface area contributed by atoms with Crippen molar-refractivity contribution >= 4 is 17.0 Å². The third-order valence-corrected chi connectivity index (χ3v) is 5.84. The lowest BCUT2D eigenvalue weighted by Gasteiger charge is -2.28. The molecular weight excluding hydrogens is 320 g/mol. The van der Waals surface area contributed by atoms with Crippen molar-refractivity contribution in [3.63, 3.8) is 0 Å². The summed E-state index contributed by atoms with van der Waals surface area (Å²) in [7, 11) is 0. The van der Waals surface area contributed by atoms with Gasteiger partial charge in [0.1, 0.15) is 11.9 Å². The summed E-state index contributed by atoms with van der Waals surface area (Å²) in [4.78, 5) is 4.69. The van der Waals surface area contributed by atoms with E-state index in [0.717, 1.165) is 55.3 Å². The van der Waals surface area contributed by atoms with Crippen LogP contribution in [0.25, 0.3) is 0 Å². The van der Waals surface area contributed by atoms with Crippen LogP contribution >= 0.6 is 11.3 Å². The molecule has 1 aromatic heterocycles. The summed E-state index contributed by atoms with van der Waals surface area (Å²) < 4.78 is 5.93. The summed E-state index contributed by atoms with van der Waals surface area (Å²) in [5, 5.41) is 16.9. The molecule has 2 fully saturated rings. The van der Waals surface area contributed by atoms with Gasteiger partial charge < -0.3 is 15.2 Å². The molecule has 0 radical (unpaired) electrons. The second-order valence-electron chi connectivity index (χ2n) is 6.84. The molecule has 0 amide bonds. The molecule has 4 rings (SSSR count). The fourth-order valence-electron chi connectivity index (χ4n) is 3.16. The van der Waals surface area contributed by atoms with Gasteiger partial charge in [0.15, 0.2) is 0 Å². The first kappa shape index (κ1) is 15.9. The number of aromatic nitrogens is 1. The second-order valence-corrected chi connectivity index (χ2v) is 7.73. The van der Waals surface area contributed by atoms with E-state index in [0.29, 0.717) is 0 Å². The normalized spacial score (nSPS) is 23.9. The summed E-state index contributed by atoms with van der Waals surface area (Å²) in [5.74, 6) is 1.56. The summed E-state index contributed by atoms with van der Waals surface area (Å²) in [6, 6.07) is 8.00. The summed E-state index contributed by atoms with van der Waals surface area (Å²) in [5.41, 5.74) is 2.18. The summed E-state index contributed by atoms with van der Waals surface area (Å²) >= 11 is 1.78. The molecule has 0 bridgehead atoms. The van der Waals surface area contributed by atoms with Crippen LogP contribution in [0.15, 0.2) is 29.6 Å².